The number of methoxy groups -OCH3 is 2. The topological polar surface area (TPSA) is 59.0 Å². The predicted molar refractivity (Wildman–Crippen MR) is 80.0 cm³/mol. The number of carboxylic acids is 1. The van der Waals surface area contributed by atoms with Gasteiger partial charge in [0.1, 0.15) is 0 Å². The molecule has 1 aliphatic heterocycles. The number of aliphatic carboxylic acids is 1. The molecule has 1 aromatic rings. The van der Waals surface area contributed by atoms with Crippen LogP contribution in [0, 0.1) is 0 Å². The highest BCUT2D eigenvalue weighted by Crippen LogP contribution is 2.34. The summed E-state index contributed by atoms with van der Waals surface area (Å²) >= 11 is 0. The van der Waals surface area contributed by atoms with E-state index >= 15 is 0 Å². The lowest BCUT2D eigenvalue weighted by Gasteiger charge is -2.34. The van der Waals surface area contributed by atoms with Gasteiger partial charge in [0.05, 0.1) is 20.6 Å². The fraction of sp³-hybridized carbons (Fsp3) is 0.562. The maximum Gasteiger partial charge on any atom is 0.304 e. The van der Waals surface area contributed by atoms with E-state index in [-0.39, 0.29) is 12.5 Å². The first-order valence-corrected chi connectivity index (χ1v) is 7.28. The zero-order valence-corrected chi connectivity index (χ0v) is 12.9. The third-order valence-electron chi connectivity index (χ3n) is 4.15. The molecule has 0 saturated carbocycles. The second kappa shape index (κ2) is 6.80. The summed E-state index contributed by atoms with van der Waals surface area (Å²) in [4.78, 5) is 13.2. The lowest BCUT2D eigenvalue weighted by molar-refractivity contribution is -0.138. The summed E-state index contributed by atoms with van der Waals surface area (Å²) in [6.07, 6.45) is 1.94. The number of carbonyl (C=O) groups is 1. The lowest BCUT2D eigenvalue weighted by atomic mass is 9.96. The average molecular weight is 293 g/mol. The van der Waals surface area contributed by atoms with Crippen molar-refractivity contribution in [1.29, 1.82) is 0 Å². The van der Waals surface area contributed by atoms with Crippen molar-refractivity contribution < 1.29 is 19.4 Å². The molecule has 1 N–H and O–H groups in total. The first-order chi connectivity index (χ1) is 10.1. The zero-order chi connectivity index (χ0) is 15.4. The van der Waals surface area contributed by atoms with Gasteiger partial charge in [-0.1, -0.05) is 6.92 Å². The molecule has 5 heteroatoms. The second-order valence-corrected chi connectivity index (χ2v) is 5.36. The van der Waals surface area contributed by atoms with Crippen molar-refractivity contribution >= 4 is 5.97 Å². The van der Waals surface area contributed by atoms with Gasteiger partial charge < -0.3 is 14.6 Å². The van der Waals surface area contributed by atoms with Gasteiger partial charge in [-0.15, -0.1) is 0 Å². The minimum absolute atomic E-state index is 0.0868. The highest BCUT2D eigenvalue weighted by atomic mass is 16.5. The number of rotatable bonds is 6. The van der Waals surface area contributed by atoms with Crippen molar-refractivity contribution in [1.82, 2.24) is 4.90 Å². The van der Waals surface area contributed by atoms with E-state index in [4.69, 9.17) is 14.6 Å². The molecule has 0 radical (unpaired) electrons. The van der Waals surface area contributed by atoms with Crippen molar-refractivity contribution in [3.05, 3.63) is 23.3 Å². The molecular weight excluding hydrogens is 270 g/mol. The third-order valence-corrected chi connectivity index (χ3v) is 4.15. The Kier molecular flexibility index (Phi) is 5.07. The van der Waals surface area contributed by atoms with E-state index in [2.05, 4.69) is 4.90 Å². The summed E-state index contributed by atoms with van der Waals surface area (Å²) in [5.74, 6) is 0.742. The van der Waals surface area contributed by atoms with Crippen molar-refractivity contribution in [3.63, 3.8) is 0 Å². The molecule has 0 bridgehead atoms. The Balaban J connectivity index is 2.21. The van der Waals surface area contributed by atoms with Crippen LogP contribution in [0.25, 0.3) is 0 Å². The number of hydrogen-bond acceptors (Lipinski definition) is 4. The van der Waals surface area contributed by atoms with Gasteiger partial charge in [0.15, 0.2) is 11.5 Å². The van der Waals surface area contributed by atoms with E-state index in [1.807, 2.05) is 19.1 Å². The minimum Gasteiger partial charge on any atom is -0.493 e. The molecule has 0 fully saturated rings. The molecule has 2 rings (SSSR count). The van der Waals surface area contributed by atoms with E-state index in [1.54, 1.807) is 14.2 Å². The maximum atomic E-state index is 11.0. The number of carboxylic acid groups (broad SMARTS) is 1. The molecule has 1 heterocycles. The summed E-state index contributed by atoms with van der Waals surface area (Å²) in [5.41, 5.74) is 2.46. The van der Waals surface area contributed by atoms with E-state index in [1.165, 1.54) is 11.1 Å². The van der Waals surface area contributed by atoms with Crippen molar-refractivity contribution in [2.45, 2.75) is 38.8 Å². The fourth-order valence-corrected chi connectivity index (χ4v) is 2.95. The van der Waals surface area contributed by atoms with Gasteiger partial charge in [-0.3, -0.25) is 9.69 Å². The summed E-state index contributed by atoms with van der Waals surface area (Å²) < 4.78 is 10.7. The van der Waals surface area contributed by atoms with E-state index in [0.29, 0.717) is 0 Å². The first-order valence-electron chi connectivity index (χ1n) is 7.28. The van der Waals surface area contributed by atoms with Crippen LogP contribution in [-0.2, 0) is 17.8 Å². The second-order valence-electron chi connectivity index (χ2n) is 5.36. The van der Waals surface area contributed by atoms with Gasteiger partial charge in [-0.25, -0.2) is 0 Å². The standard InChI is InChI=1S/C16H23NO4/c1-4-13(9-16(18)19)17-6-5-11-7-14(20-2)15(21-3)8-12(11)10-17/h7-8,13H,4-6,9-10H2,1-3H3,(H,18,19). The summed E-state index contributed by atoms with van der Waals surface area (Å²) in [6.45, 7) is 3.69. The summed E-state index contributed by atoms with van der Waals surface area (Å²) in [6, 6.07) is 4.13. The maximum absolute atomic E-state index is 11.0. The molecular formula is C16H23NO4. The molecule has 21 heavy (non-hydrogen) atoms. The molecule has 0 amide bonds. The molecule has 0 saturated heterocycles. The van der Waals surface area contributed by atoms with E-state index in [9.17, 15) is 4.79 Å². The SMILES string of the molecule is CCC(CC(=O)O)N1CCc2cc(OC)c(OC)cc2C1. The van der Waals surface area contributed by atoms with E-state index in [0.717, 1.165) is 37.4 Å². The van der Waals surface area contributed by atoms with Crippen LogP contribution in [0.1, 0.15) is 30.9 Å². The molecule has 0 aliphatic carbocycles. The summed E-state index contributed by atoms with van der Waals surface area (Å²) in [5, 5.41) is 9.03. The van der Waals surface area contributed by atoms with Gasteiger partial charge >= 0.3 is 5.97 Å². The Bertz CT molecular complexity index is 515. The molecule has 0 spiro atoms. The van der Waals surface area contributed by atoms with Gasteiger partial charge in [0.2, 0.25) is 0 Å². The van der Waals surface area contributed by atoms with Crippen LogP contribution in [0.2, 0.25) is 0 Å². The number of benzene rings is 1. The zero-order valence-electron chi connectivity index (χ0n) is 12.9. The van der Waals surface area contributed by atoms with Crippen molar-refractivity contribution in [2.75, 3.05) is 20.8 Å². The number of ether oxygens (including phenoxy) is 2. The number of nitrogens with zero attached hydrogens (tertiary/aromatic N) is 1. The molecule has 0 aromatic heterocycles. The Hall–Kier alpha value is -1.75. The fourth-order valence-electron chi connectivity index (χ4n) is 2.95. The predicted octanol–water partition coefficient (Wildman–Crippen LogP) is 2.32. The van der Waals surface area contributed by atoms with Crippen LogP contribution in [0.15, 0.2) is 12.1 Å². The molecule has 116 valence electrons. The van der Waals surface area contributed by atoms with Gasteiger partial charge in [-0.2, -0.15) is 0 Å². The average Bonchev–Trinajstić information content (AvgIpc) is 2.50. The third kappa shape index (κ3) is 3.47. The first kappa shape index (κ1) is 15.6. The lowest BCUT2D eigenvalue weighted by Crippen LogP contribution is -2.40. The van der Waals surface area contributed by atoms with E-state index < -0.39 is 5.97 Å². The Morgan fingerprint density at radius 3 is 2.43 bits per heavy atom. The Morgan fingerprint density at radius 2 is 1.90 bits per heavy atom. The molecule has 1 aliphatic rings. The Morgan fingerprint density at radius 1 is 1.29 bits per heavy atom. The summed E-state index contributed by atoms with van der Waals surface area (Å²) in [7, 11) is 3.27. The number of hydrogen-bond donors (Lipinski definition) is 1. The van der Waals surface area contributed by atoms with Crippen LogP contribution >= 0.6 is 0 Å². The monoisotopic (exact) mass is 293 g/mol. The largest absolute Gasteiger partial charge is 0.493 e. The molecule has 1 unspecified atom stereocenters. The molecule has 1 aromatic carbocycles. The highest BCUT2D eigenvalue weighted by molar-refractivity contribution is 5.67. The quantitative estimate of drug-likeness (QED) is 0.872. The van der Waals surface area contributed by atoms with Crippen LogP contribution < -0.4 is 9.47 Å². The molecule has 5 nitrogen and oxygen atoms in total. The Labute approximate surface area is 125 Å². The van der Waals surface area contributed by atoms with Crippen molar-refractivity contribution in [3.8, 4) is 11.5 Å². The number of fused-ring (bicyclic) bond motifs is 1. The van der Waals surface area contributed by atoms with Gasteiger partial charge in [-0.05, 0) is 36.1 Å². The van der Waals surface area contributed by atoms with Gasteiger partial charge in [0, 0.05) is 19.1 Å². The molecule has 1 atom stereocenters. The van der Waals surface area contributed by atoms with Crippen LogP contribution in [0.5, 0.6) is 11.5 Å². The van der Waals surface area contributed by atoms with Crippen molar-refractivity contribution in [2.24, 2.45) is 0 Å². The smallest absolute Gasteiger partial charge is 0.304 e. The van der Waals surface area contributed by atoms with Crippen LogP contribution in [0.3, 0.4) is 0 Å². The van der Waals surface area contributed by atoms with Crippen LogP contribution in [-0.4, -0.2) is 42.8 Å². The van der Waals surface area contributed by atoms with Gasteiger partial charge in [0.25, 0.3) is 0 Å². The van der Waals surface area contributed by atoms with Crippen LogP contribution in [0.4, 0.5) is 0 Å². The normalized spacial score (nSPS) is 16.1. The minimum atomic E-state index is -0.736. The highest BCUT2D eigenvalue weighted by Gasteiger charge is 2.25.